The smallest absolute Gasteiger partial charge is 0.0939 e. The molecule has 4 nitrogen and oxygen atoms in total. The first-order chi connectivity index (χ1) is 11.8. The summed E-state index contributed by atoms with van der Waals surface area (Å²) >= 11 is 1.83. The van der Waals surface area contributed by atoms with Crippen molar-refractivity contribution in [2.45, 2.75) is 50.2 Å². The molecular weight excluding hydrogens is 320 g/mol. The predicted octanol–water partition coefficient (Wildman–Crippen LogP) is 3.55. The number of benzene rings is 1. The lowest BCUT2D eigenvalue weighted by Crippen LogP contribution is -2.50. The van der Waals surface area contributed by atoms with Gasteiger partial charge in [0.2, 0.25) is 0 Å². The average molecular weight is 346 g/mol. The van der Waals surface area contributed by atoms with Crippen LogP contribution in [0, 0.1) is 0 Å². The number of rotatable bonds is 5. The molecule has 2 saturated heterocycles. The molecule has 1 unspecified atom stereocenters. The largest absolute Gasteiger partial charge is 0.381 e. The molecule has 2 aliphatic rings. The second-order valence-corrected chi connectivity index (χ2v) is 8.08. The van der Waals surface area contributed by atoms with E-state index in [1.807, 2.05) is 11.3 Å². The lowest BCUT2D eigenvalue weighted by molar-refractivity contribution is -0.140. The molecule has 2 aromatic rings. The number of fused-ring (bicyclic) bond motifs is 1. The van der Waals surface area contributed by atoms with E-state index >= 15 is 0 Å². The van der Waals surface area contributed by atoms with Crippen LogP contribution in [-0.2, 0) is 15.9 Å². The van der Waals surface area contributed by atoms with E-state index in [-0.39, 0.29) is 5.60 Å². The molecule has 1 aromatic heterocycles. The first-order valence-electron chi connectivity index (χ1n) is 9.13. The van der Waals surface area contributed by atoms with E-state index in [1.54, 1.807) is 0 Å². The van der Waals surface area contributed by atoms with Gasteiger partial charge in [-0.15, -0.1) is 11.3 Å². The molecule has 5 heteroatoms. The lowest BCUT2D eigenvalue weighted by atomic mass is 9.84. The molecule has 1 N–H and O–H groups in total. The molecule has 1 spiro atoms. The Morgan fingerprint density at radius 3 is 2.96 bits per heavy atom. The Labute approximate surface area is 147 Å². The van der Waals surface area contributed by atoms with Crippen LogP contribution in [0.1, 0.15) is 37.1 Å². The fourth-order valence-electron chi connectivity index (χ4n) is 3.87. The van der Waals surface area contributed by atoms with Crippen molar-refractivity contribution in [1.82, 2.24) is 10.3 Å². The fraction of sp³-hybridized carbons (Fsp3) is 0.632. The second-order valence-electron chi connectivity index (χ2n) is 6.97. The highest BCUT2D eigenvalue weighted by atomic mass is 32.1. The quantitative estimate of drug-likeness (QED) is 0.841. The summed E-state index contributed by atoms with van der Waals surface area (Å²) < 4.78 is 12.9. The molecule has 0 aliphatic carbocycles. The minimum absolute atomic E-state index is 0.0845. The normalized spacial score (nSPS) is 23.8. The first-order valence-corrected chi connectivity index (χ1v) is 9.94. The third-order valence-corrected chi connectivity index (χ3v) is 6.33. The third-order valence-electron chi connectivity index (χ3n) is 5.24. The van der Waals surface area contributed by atoms with Crippen molar-refractivity contribution in [2.24, 2.45) is 0 Å². The van der Waals surface area contributed by atoms with E-state index in [0.29, 0.717) is 6.04 Å². The van der Waals surface area contributed by atoms with E-state index in [9.17, 15) is 0 Å². The summed E-state index contributed by atoms with van der Waals surface area (Å²) in [6, 6.07) is 8.99. The Bertz CT molecular complexity index is 628. The maximum atomic E-state index is 6.12. The van der Waals surface area contributed by atoms with Crippen LogP contribution >= 0.6 is 11.3 Å². The number of thiazole rings is 1. The summed E-state index contributed by atoms with van der Waals surface area (Å²) in [5, 5.41) is 5.01. The van der Waals surface area contributed by atoms with E-state index < -0.39 is 0 Å². The van der Waals surface area contributed by atoms with Crippen LogP contribution < -0.4 is 5.32 Å². The minimum Gasteiger partial charge on any atom is -0.381 e. The summed E-state index contributed by atoms with van der Waals surface area (Å²) in [5.74, 6) is 0. The van der Waals surface area contributed by atoms with E-state index in [2.05, 4.69) is 29.6 Å². The zero-order valence-corrected chi connectivity index (χ0v) is 14.9. The molecule has 0 radical (unpaired) electrons. The Morgan fingerprint density at radius 2 is 2.08 bits per heavy atom. The van der Waals surface area contributed by atoms with Gasteiger partial charge in [-0.3, -0.25) is 0 Å². The van der Waals surface area contributed by atoms with Crippen LogP contribution in [0.2, 0.25) is 0 Å². The van der Waals surface area contributed by atoms with Gasteiger partial charge in [-0.1, -0.05) is 12.1 Å². The average Bonchev–Trinajstić information content (AvgIpc) is 3.02. The van der Waals surface area contributed by atoms with Crippen LogP contribution in [-0.4, -0.2) is 43.0 Å². The number of hydrogen-bond acceptors (Lipinski definition) is 5. The van der Waals surface area contributed by atoms with Gasteiger partial charge >= 0.3 is 0 Å². The lowest BCUT2D eigenvalue weighted by Gasteiger charge is -2.43. The highest BCUT2D eigenvalue weighted by Crippen LogP contribution is 2.34. The Hall–Kier alpha value is -1.01. The van der Waals surface area contributed by atoms with Crippen LogP contribution in [0.25, 0.3) is 10.2 Å². The van der Waals surface area contributed by atoms with Gasteiger partial charge in [0.1, 0.15) is 0 Å². The molecule has 2 fully saturated rings. The fourth-order valence-corrected chi connectivity index (χ4v) is 4.88. The zero-order chi connectivity index (χ0) is 16.2. The summed E-state index contributed by atoms with van der Waals surface area (Å²) in [5.41, 5.74) is 1.22. The van der Waals surface area contributed by atoms with Crippen LogP contribution in [0.15, 0.2) is 24.3 Å². The minimum atomic E-state index is 0.0845. The summed E-state index contributed by atoms with van der Waals surface area (Å²) in [6.07, 6.45) is 6.58. The molecule has 130 valence electrons. The highest BCUT2D eigenvalue weighted by Gasteiger charge is 2.38. The SMILES string of the molecule is c1ccc2sc(CCCNC3CCOC4(CCOCC4)C3)nc2c1. The molecule has 24 heavy (non-hydrogen) atoms. The van der Waals surface area contributed by atoms with Crippen molar-refractivity contribution in [3.8, 4) is 0 Å². The van der Waals surface area contributed by atoms with Gasteiger partial charge in [0.15, 0.2) is 0 Å². The summed E-state index contributed by atoms with van der Waals surface area (Å²) in [6.45, 7) is 3.65. The monoisotopic (exact) mass is 346 g/mol. The van der Waals surface area contributed by atoms with Gasteiger partial charge in [-0.25, -0.2) is 4.98 Å². The molecule has 0 saturated carbocycles. The van der Waals surface area contributed by atoms with Crippen molar-refractivity contribution < 1.29 is 9.47 Å². The molecule has 2 aliphatic heterocycles. The summed E-state index contributed by atoms with van der Waals surface area (Å²) in [4.78, 5) is 4.72. The molecule has 0 bridgehead atoms. The number of aryl methyl sites for hydroxylation is 1. The number of hydrogen-bond donors (Lipinski definition) is 1. The van der Waals surface area contributed by atoms with E-state index in [0.717, 1.165) is 70.4 Å². The van der Waals surface area contributed by atoms with Gasteiger partial charge in [-0.2, -0.15) is 0 Å². The maximum absolute atomic E-state index is 6.12. The molecule has 0 amide bonds. The van der Waals surface area contributed by atoms with Crippen molar-refractivity contribution in [2.75, 3.05) is 26.4 Å². The van der Waals surface area contributed by atoms with Gasteiger partial charge in [0.25, 0.3) is 0 Å². The number of ether oxygens (including phenoxy) is 2. The van der Waals surface area contributed by atoms with Gasteiger partial charge in [0.05, 0.1) is 20.8 Å². The predicted molar refractivity (Wildman–Crippen MR) is 97.7 cm³/mol. The molecule has 3 heterocycles. The van der Waals surface area contributed by atoms with Crippen LogP contribution in [0.4, 0.5) is 0 Å². The Balaban J connectivity index is 1.23. The first kappa shape index (κ1) is 16.5. The van der Waals surface area contributed by atoms with Gasteiger partial charge in [0, 0.05) is 32.3 Å². The van der Waals surface area contributed by atoms with Crippen molar-refractivity contribution in [1.29, 1.82) is 0 Å². The van der Waals surface area contributed by atoms with E-state index in [1.165, 1.54) is 9.71 Å². The van der Waals surface area contributed by atoms with Crippen molar-refractivity contribution in [3.05, 3.63) is 29.3 Å². The van der Waals surface area contributed by atoms with Crippen molar-refractivity contribution in [3.63, 3.8) is 0 Å². The Kier molecular flexibility index (Phi) is 5.13. The standard InChI is InChI=1S/C19H26N2O2S/c1-2-5-17-16(4-1)21-18(24-17)6-3-10-20-15-7-11-23-19(14-15)8-12-22-13-9-19/h1-2,4-5,15,20H,3,6-14H2. The zero-order valence-electron chi connectivity index (χ0n) is 14.1. The van der Waals surface area contributed by atoms with Gasteiger partial charge in [-0.05, 0) is 50.8 Å². The Morgan fingerprint density at radius 1 is 1.21 bits per heavy atom. The van der Waals surface area contributed by atoms with Crippen molar-refractivity contribution >= 4 is 21.6 Å². The topological polar surface area (TPSA) is 43.4 Å². The van der Waals surface area contributed by atoms with Crippen LogP contribution in [0.3, 0.4) is 0 Å². The van der Waals surface area contributed by atoms with Crippen LogP contribution in [0.5, 0.6) is 0 Å². The number of para-hydroxylation sites is 1. The number of nitrogens with zero attached hydrogens (tertiary/aromatic N) is 1. The van der Waals surface area contributed by atoms with E-state index in [4.69, 9.17) is 14.5 Å². The third kappa shape index (κ3) is 3.80. The molecular formula is C19H26N2O2S. The highest BCUT2D eigenvalue weighted by molar-refractivity contribution is 7.18. The molecule has 4 rings (SSSR count). The second kappa shape index (κ2) is 7.48. The molecule has 1 atom stereocenters. The summed E-state index contributed by atoms with van der Waals surface area (Å²) in [7, 11) is 0. The van der Waals surface area contributed by atoms with Gasteiger partial charge < -0.3 is 14.8 Å². The number of aromatic nitrogens is 1. The maximum Gasteiger partial charge on any atom is 0.0939 e. The molecule has 1 aromatic carbocycles. The number of nitrogens with one attached hydrogen (secondary N) is 1.